The van der Waals surface area contributed by atoms with E-state index in [9.17, 15) is 16.8 Å². The smallest absolute Gasteiger partial charge is 0.264 e. The maximum atomic E-state index is 10.9. The van der Waals surface area contributed by atoms with Crippen molar-refractivity contribution in [3.05, 3.63) is 0 Å². The molecule has 0 radical (unpaired) electrons. The van der Waals surface area contributed by atoms with E-state index in [-0.39, 0.29) is 25.0 Å². The summed E-state index contributed by atoms with van der Waals surface area (Å²) in [6.07, 6.45) is 5.72. The molecule has 18 heavy (non-hydrogen) atoms. The first-order valence-electron chi connectivity index (χ1n) is 5.86. The Labute approximate surface area is 109 Å². The molecule has 6 nitrogen and oxygen atoms in total. The predicted molar refractivity (Wildman–Crippen MR) is 67.0 cm³/mol. The van der Waals surface area contributed by atoms with Crippen LogP contribution in [0.25, 0.3) is 0 Å². The molecule has 0 aromatic rings. The molecule has 0 amide bonds. The third-order valence-corrected chi connectivity index (χ3v) is 4.19. The van der Waals surface area contributed by atoms with Crippen molar-refractivity contribution in [2.24, 2.45) is 11.8 Å². The summed E-state index contributed by atoms with van der Waals surface area (Å²) in [6.45, 7) is 0.216. The molecule has 0 spiro atoms. The normalized spacial score (nSPS) is 26.1. The largest absolute Gasteiger partial charge is 0.270 e. The molecule has 108 valence electrons. The Morgan fingerprint density at radius 3 is 1.44 bits per heavy atom. The molecule has 0 N–H and O–H groups in total. The van der Waals surface area contributed by atoms with E-state index in [1.165, 1.54) is 0 Å². The Kier molecular flexibility index (Phi) is 5.57. The van der Waals surface area contributed by atoms with E-state index in [4.69, 9.17) is 8.37 Å². The summed E-state index contributed by atoms with van der Waals surface area (Å²) >= 11 is 0. The van der Waals surface area contributed by atoms with Crippen LogP contribution in [0, 0.1) is 11.8 Å². The molecule has 1 rings (SSSR count). The lowest BCUT2D eigenvalue weighted by atomic mass is 9.80. The highest BCUT2D eigenvalue weighted by Crippen LogP contribution is 2.31. The summed E-state index contributed by atoms with van der Waals surface area (Å²) < 4.78 is 53.4. The Morgan fingerprint density at radius 1 is 0.833 bits per heavy atom. The maximum absolute atomic E-state index is 10.9. The van der Waals surface area contributed by atoms with Crippen molar-refractivity contribution in [3.63, 3.8) is 0 Å². The van der Waals surface area contributed by atoms with Crippen LogP contribution in [0.5, 0.6) is 0 Å². The summed E-state index contributed by atoms with van der Waals surface area (Å²) in [7, 11) is -6.90. The third-order valence-electron chi connectivity index (χ3n) is 3.06. The minimum atomic E-state index is -3.45. The van der Waals surface area contributed by atoms with E-state index in [0.717, 1.165) is 38.2 Å². The number of rotatable bonds is 6. The molecule has 2 atom stereocenters. The van der Waals surface area contributed by atoms with Crippen LogP contribution < -0.4 is 0 Å². The van der Waals surface area contributed by atoms with Gasteiger partial charge in [-0.25, -0.2) is 0 Å². The standard InChI is InChI=1S/C10H20O6S2/c1-17(11,12)15-7-9-5-3-4-6-10(9)8-16-18(2,13)14/h9-10H,3-8H2,1-2H3/t9-,10+. The van der Waals surface area contributed by atoms with Crippen LogP contribution in [0.3, 0.4) is 0 Å². The minimum Gasteiger partial charge on any atom is -0.270 e. The molecule has 8 heteroatoms. The zero-order valence-electron chi connectivity index (χ0n) is 10.7. The summed E-state index contributed by atoms with van der Waals surface area (Å²) in [5.74, 6) is 0.0745. The quantitative estimate of drug-likeness (QED) is 0.673. The zero-order valence-corrected chi connectivity index (χ0v) is 12.3. The van der Waals surface area contributed by atoms with Gasteiger partial charge in [0.05, 0.1) is 25.7 Å². The molecule has 0 aromatic heterocycles. The van der Waals surface area contributed by atoms with Gasteiger partial charge in [-0.05, 0) is 24.7 Å². The molecule has 0 heterocycles. The Bertz CT molecular complexity index is 409. The first kappa shape index (κ1) is 15.9. The lowest BCUT2D eigenvalue weighted by molar-refractivity contribution is 0.111. The Morgan fingerprint density at radius 2 is 1.17 bits per heavy atom. The molecular weight excluding hydrogens is 280 g/mol. The molecule has 0 bridgehead atoms. The van der Waals surface area contributed by atoms with E-state index in [0.29, 0.717) is 0 Å². The van der Waals surface area contributed by atoms with Crippen molar-refractivity contribution < 1.29 is 25.2 Å². The highest BCUT2D eigenvalue weighted by Gasteiger charge is 2.27. The zero-order chi connectivity index (χ0) is 13.8. The topological polar surface area (TPSA) is 86.7 Å². The monoisotopic (exact) mass is 300 g/mol. The van der Waals surface area contributed by atoms with Crippen LogP contribution in [-0.2, 0) is 28.6 Å². The highest BCUT2D eigenvalue weighted by atomic mass is 32.2. The molecule has 1 fully saturated rings. The summed E-state index contributed by atoms with van der Waals surface area (Å²) in [4.78, 5) is 0. The first-order valence-corrected chi connectivity index (χ1v) is 9.49. The molecule has 1 saturated carbocycles. The van der Waals surface area contributed by atoms with Gasteiger partial charge in [0.1, 0.15) is 0 Å². The van der Waals surface area contributed by atoms with Gasteiger partial charge in [-0.1, -0.05) is 12.8 Å². The second-order valence-electron chi connectivity index (χ2n) is 4.78. The highest BCUT2D eigenvalue weighted by molar-refractivity contribution is 7.86. The lowest BCUT2D eigenvalue weighted by Gasteiger charge is -2.30. The Balaban J connectivity index is 2.52. The molecule has 1 aliphatic rings. The molecule has 0 unspecified atom stereocenters. The van der Waals surface area contributed by atoms with Crippen molar-refractivity contribution >= 4 is 20.2 Å². The van der Waals surface area contributed by atoms with E-state index >= 15 is 0 Å². The SMILES string of the molecule is CS(=O)(=O)OC[C@H]1CCCC[C@H]1COS(C)(=O)=O. The van der Waals surface area contributed by atoms with Crippen LogP contribution in [0.4, 0.5) is 0 Å². The fourth-order valence-corrected chi connectivity index (χ4v) is 2.99. The van der Waals surface area contributed by atoms with Crippen LogP contribution in [-0.4, -0.2) is 42.6 Å². The van der Waals surface area contributed by atoms with Gasteiger partial charge in [0.2, 0.25) is 0 Å². The molecular formula is C10H20O6S2. The third kappa shape index (κ3) is 6.67. The second-order valence-corrected chi connectivity index (χ2v) is 8.07. The second kappa shape index (κ2) is 6.31. The summed E-state index contributed by atoms with van der Waals surface area (Å²) in [6, 6.07) is 0. The summed E-state index contributed by atoms with van der Waals surface area (Å²) in [5.41, 5.74) is 0. The van der Waals surface area contributed by atoms with E-state index in [1.54, 1.807) is 0 Å². The average Bonchev–Trinajstić information content (AvgIpc) is 2.22. The lowest BCUT2D eigenvalue weighted by Crippen LogP contribution is -2.29. The molecule has 1 aliphatic carbocycles. The fourth-order valence-electron chi connectivity index (χ4n) is 2.15. The minimum absolute atomic E-state index is 0.0372. The van der Waals surface area contributed by atoms with Crippen LogP contribution >= 0.6 is 0 Å². The number of hydrogen-bond acceptors (Lipinski definition) is 6. The predicted octanol–water partition coefficient (Wildman–Crippen LogP) is 0.745. The molecule has 0 aliphatic heterocycles. The fraction of sp³-hybridized carbons (Fsp3) is 1.00. The van der Waals surface area contributed by atoms with E-state index < -0.39 is 20.2 Å². The average molecular weight is 300 g/mol. The maximum Gasteiger partial charge on any atom is 0.264 e. The number of hydrogen-bond donors (Lipinski definition) is 0. The van der Waals surface area contributed by atoms with Crippen LogP contribution in [0.1, 0.15) is 25.7 Å². The van der Waals surface area contributed by atoms with Crippen molar-refractivity contribution in [2.75, 3.05) is 25.7 Å². The summed E-state index contributed by atoms with van der Waals surface area (Å²) in [5, 5.41) is 0. The van der Waals surface area contributed by atoms with Gasteiger partial charge in [-0.15, -0.1) is 0 Å². The van der Waals surface area contributed by atoms with Crippen LogP contribution in [0.2, 0.25) is 0 Å². The van der Waals surface area contributed by atoms with Crippen LogP contribution in [0.15, 0.2) is 0 Å². The van der Waals surface area contributed by atoms with Crippen molar-refractivity contribution in [1.29, 1.82) is 0 Å². The van der Waals surface area contributed by atoms with Crippen molar-refractivity contribution in [1.82, 2.24) is 0 Å². The Hall–Kier alpha value is -0.180. The molecule has 0 saturated heterocycles. The van der Waals surface area contributed by atoms with Gasteiger partial charge in [0.25, 0.3) is 20.2 Å². The van der Waals surface area contributed by atoms with Gasteiger partial charge >= 0.3 is 0 Å². The van der Waals surface area contributed by atoms with E-state index in [2.05, 4.69) is 0 Å². The van der Waals surface area contributed by atoms with E-state index in [1.807, 2.05) is 0 Å². The molecule has 0 aromatic carbocycles. The van der Waals surface area contributed by atoms with Gasteiger partial charge in [-0.2, -0.15) is 16.8 Å². The first-order chi connectivity index (χ1) is 8.17. The van der Waals surface area contributed by atoms with Gasteiger partial charge in [0.15, 0.2) is 0 Å². The van der Waals surface area contributed by atoms with Crippen molar-refractivity contribution in [2.45, 2.75) is 25.7 Å². The van der Waals surface area contributed by atoms with Gasteiger partial charge < -0.3 is 0 Å². The van der Waals surface area contributed by atoms with Gasteiger partial charge in [0, 0.05) is 0 Å². The van der Waals surface area contributed by atoms with Gasteiger partial charge in [-0.3, -0.25) is 8.37 Å². The van der Waals surface area contributed by atoms with Crippen molar-refractivity contribution in [3.8, 4) is 0 Å².